The predicted octanol–water partition coefficient (Wildman–Crippen LogP) is 6.77. The molecule has 0 fully saturated rings. The minimum atomic E-state index is -3.92. The van der Waals surface area contributed by atoms with E-state index in [1.807, 2.05) is 27.7 Å². The Labute approximate surface area is 331 Å². The first-order valence-corrected chi connectivity index (χ1v) is 20.9. The van der Waals surface area contributed by atoms with Gasteiger partial charge in [0.25, 0.3) is 11.8 Å². The Kier molecular flexibility index (Phi) is 17.3. The number of aliphatic hydroxyl groups is 1. The lowest BCUT2D eigenvalue weighted by atomic mass is 10.0. The molecule has 0 aliphatic carbocycles. The Bertz CT molecular complexity index is 2270. The lowest BCUT2D eigenvalue weighted by molar-refractivity contribution is 0.0968. The minimum Gasteiger partial charge on any atom is -0.477 e. The van der Waals surface area contributed by atoms with E-state index in [-0.39, 0.29) is 32.6 Å². The number of aromatic nitrogens is 2. The highest BCUT2D eigenvalue weighted by molar-refractivity contribution is 9.10. The molecule has 0 bridgehead atoms. The number of carbonyl (C=O) groups excluding carboxylic acids is 2. The fourth-order valence-corrected chi connectivity index (χ4v) is 5.53. The van der Waals surface area contributed by atoms with E-state index in [0.717, 1.165) is 18.5 Å². The van der Waals surface area contributed by atoms with Crippen LogP contribution < -0.4 is 14.2 Å². The summed E-state index contributed by atoms with van der Waals surface area (Å²) in [6.07, 6.45) is 3.75. The van der Waals surface area contributed by atoms with Crippen LogP contribution in [0.5, 0.6) is 5.88 Å². The van der Waals surface area contributed by atoms with Gasteiger partial charge in [-0.05, 0) is 80.1 Å². The standard InChI is InChI=1S/C17H17BrF2N2O4S.C13H8BrF3N2O3S.C4H10O/c1-9(2)8-26-17-13(18)4-10(7-21-17)11-5-15(20)12(6-14(11)19)16(23)22-27(3,24)25;1-23(21,22)19-13(20)8-4-10(15)7(3-11(8)16)6-2-9(14)12(17)18-5-6;1-4(2)3-5/h4-7,9H,8H2,1-3H3,(H,22,23);2-5H,1H3,(H,19,20);4-5H,3H2,1-2H3. The van der Waals surface area contributed by atoms with E-state index in [4.69, 9.17) is 9.84 Å². The number of nitrogens with one attached hydrogen (secondary N) is 2. The van der Waals surface area contributed by atoms with Gasteiger partial charge in [-0.25, -0.2) is 53.8 Å². The second kappa shape index (κ2) is 20.2. The Morgan fingerprint density at radius 1 is 0.691 bits per heavy atom. The van der Waals surface area contributed by atoms with Gasteiger partial charge in [0.05, 0.1) is 39.2 Å². The Morgan fingerprint density at radius 2 is 1.09 bits per heavy atom. The molecule has 2 heterocycles. The highest BCUT2D eigenvalue weighted by Gasteiger charge is 2.22. The summed E-state index contributed by atoms with van der Waals surface area (Å²) in [6.45, 7) is 8.64. The molecule has 55 heavy (non-hydrogen) atoms. The number of hydrogen-bond donors (Lipinski definition) is 3. The summed E-state index contributed by atoms with van der Waals surface area (Å²) >= 11 is 6.15. The number of carbonyl (C=O) groups is 2. The van der Waals surface area contributed by atoms with Crippen LogP contribution in [0.15, 0.2) is 57.7 Å². The third-order valence-corrected chi connectivity index (χ3v) is 8.54. The maximum Gasteiger partial charge on any atom is 0.267 e. The minimum absolute atomic E-state index is 0.0475. The number of pyridine rings is 2. The molecule has 0 saturated carbocycles. The number of aliphatic hydroxyl groups excluding tert-OH is 1. The highest BCUT2D eigenvalue weighted by atomic mass is 79.9. The second-order valence-electron chi connectivity index (χ2n) is 12.3. The van der Waals surface area contributed by atoms with Gasteiger partial charge in [-0.1, -0.05) is 27.7 Å². The summed E-state index contributed by atoms with van der Waals surface area (Å²) in [7, 11) is -7.82. The molecule has 21 heteroatoms. The molecule has 0 aliphatic heterocycles. The predicted molar refractivity (Wildman–Crippen MR) is 201 cm³/mol. The zero-order chi connectivity index (χ0) is 42.0. The average molecular weight is 947 g/mol. The third-order valence-electron chi connectivity index (χ3n) is 6.30. The number of benzene rings is 2. The maximum absolute atomic E-state index is 14.4. The molecule has 4 rings (SSSR count). The third kappa shape index (κ3) is 15.2. The molecule has 2 aromatic heterocycles. The van der Waals surface area contributed by atoms with Crippen molar-refractivity contribution in [2.45, 2.75) is 27.7 Å². The number of ether oxygens (including phenoxy) is 1. The first kappa shape index (κ1) is 47.1. The van der Waals surface area contributed by atoms with Crippen molar-refractivity contribution in [1.82, 2.24) is 19.4 Å². The first-order chi connectivity index (χ1) is 25.3. The lowest BCUT2D eigenvalue weighted by Crippen LogP contribution is -2.30. The van der Waals surface area contributed by atoms with Gasteiger partial charge in [0.2, 0.25) is 31.9 Å². The summed E-state index contributed by atoms with van der Waals surface area (Å²) in [6, 6.07) is 5.41. The molecule has 2 aromatic carbocycles. The molecule has 0 saturated heterocycles. The molecule has 0 aliphatic rings. The zero-order valence-corrected chi connectivity index (χ0v) is 34.7. The highest BCUT2D eigenvalue weighted by Crippen LogP contribution is 2.32. The summed E-state index contributed by atoms with van der Waals surface area (Å²) in [4.78, 5) is 30.8. The lowest BCUT2D eigenvalue weighted by Gasteiger charge is -2.12. The molecule has 0 unspecified atom stereocenters. The van der Waals surface area contributed by atoms with Gasteiger partial charge in [-0.3, -0.25) is 9.59 Å². The van der Waals surface area contributed by atoms with Crippen LogP contribution in [0.2, 0.25) is 0 Å². The van der Waals surface area contributed by atoms with Crippen molar-refractivity contribution in [2.24, 2.45) is 11.8 Å². The van der Waals surface area contributed by atoms with E-state index in [9.17, 15) is 48.4 Å². The Balaban J connectivity index is 0.000000342. The van der Waals surface area contributed by atoms with Gasteiger partial charge >= 0.3 is 0 Å². The van der Waals surface area contributed by atoms with Crippen LogP contribution in [0.25, 0.3) is 22.3 Å². The largest absolute Gasteiger partial charge is 0.477 e. The second-order valence-corrected chi connectivity index (χ2v) is 17.5. The van der Waals surface area contributed by atoms with Gasteiger partial charge in [0.15, 0.2) is 0 Å². The van der Waals surface area contributed by atoms with Crippen LogP contribution in [0.3, 0.4) is 0 Å². The first-order valence-electron chi connectivity index (χ1n) is 15.6. The van der Waals surface area contributed by atoms with Crippen molar-refractivity contribution in [1.29, 1.82) is 0 Å². The van der Waals surface area contributed by atoms with Crippen LogP contribution in [-0.4, -0.2) is 69.4 Å². The number of amides is 2. The molecular weight excluding hydrogens is 911 g/mol. The molecule has 300 valence electrons. The van der Waals surface area contributed by atoms with Crippen molar-refractivity contribution in [2.75, 3.05) is 25.7 Å². The zero-order valence-electron chi connectivity index (χ0n) is 29.8. The fourth-order valence-electron chi connectivity index (χ4n) is 3.82. The van der Waals surface area contributed by atoms with Crippen LogP contribution >= 0.6 is 31.9 Å². The SMILES string of the molecule is CC(C)CO.CC(C)COc1ncc(-c2cc(F)c(C(=O)NS(C)(=O)=O)cc2F)cc1Br.CS(=O)(=O)NC(=O)c1cc(F)c(-c2cnc(F)c(Br)c2)cc1F. The topological polar surface area (TPSA) is 182 Å². The Hall–Kier alpha value is -4.05. The monoisotopic (exact) mass is 944 g/mol. The van der Waals surface area contributed by atoms with E-state index >= 15 is 0 Å². The summed E-state index contributed by atoms with van der Waals surface area (Å²) in [5.74, 6) is -6.43. The van der Waals surface area contributed by atoms with Crippen molar-refractivity contribution in [3.8, 4) is 28.1 Å². The van der Waals surface area contributed by atoms with Crippen molar-refractivity contribution in [3.63, 3.8) is 0 Å². The number of sulfonamides is 2. The molecule has 2 amide bonds. The molecule has 12 nitrogen and oxygen atoms in total. The number of rotatable bonds is 10. The van der Waals surface area contributed by atoms with Gasteiger partial charge in [-0.2, -0.15) is 4.39 Å². The molecule has 0 atom stereocenters. The molecular formula is C34H35Br2F5N4O8S2. The average Bonchev–Trinajstić information content (AvgIpc) is 3.06. The van der Waals surface area contributed by atoms with E-state index in [2.05, 4.69) is 41.8 Å². The number of hydrogen-bond acceptors (Lipinski definition) is 10. The number of halogens is 7. The fraction of sp³-hybridized carbons (Fsp3) is 0.294. The smallest absolute Gasteiger partial charge is 0.267 e. The van der Waals surface area contributed by atoms with E-state index < -0.39 is 72.2 Å². The van der Waals surface area contributed by atoms with E-state index in [1.54, 1.807) is 4.72 Å². The molecule has 3 N–H and O–H groups in total. The van der Waals surface area contributed by atoms with E-state index in [0.29, 0.717) is 53.9 Å². The normalized spacial score (nSPS) is 11.3. The molecule has 0 radical (unpaired) electrons. The number of nitrogens with zero attached hydrogens (tertiary/aromatic N) is 2. The summed E-state index contributed by atoms with van der Waals surface area (Å²) in [5.41, 5.74) is -1.55. The van der Waals surface area contributed by atoms with Gasteiger partial charge in [-0.15, -0.1) is 0 Å². The summed E-state index contributed by atoms with van der Waals surface area (Å²) in [5, 5.41) is 8.14. The van der Waals surface area contributed by atoms with Gasteiger partial charge in [0, 0.05) is 41.3 Å². The molecule has 0 spiro atoms. The van der Waals surface area contributed by atoms with E-state index in [1.165, 1.54) is 23.1 Å². The van der Waals surface area contributed by atoms with Crippen molar-refractivity contribution >= 4 is 63.7 Å². The maximum atomic E-state index is 14.4. The molecule has 4 aromatic rings. The van der Waals surface area contributed by atoms with Crippen LogP contribution in [0.4, 0.5) is 22.0 Å². The Morgan fingerprint density at radius 3 is 1.44 bits per heavy atom. The van der Waals surface area contributed by atoms with Crippen LogP contribution in [-0.2, 0) is 20.0 Å². The van der Waals surface area contributed by atoms with Crippen LogP contribution in [0, 0.1) is 41.1 Å². The van der Waals surface area contributed by atoms with Gasteiger partial charge < -0.3 is 9.84 Å². The summed E-state index contributed by atoms with van der Waals surface area (Å²) < 4.78 is 123. The van der Waals surface area contributed by atoms with Crippen molar-refractivity contribution in [3.05, 3.63) is 98.1 Å². The van der Waals surface area contributed by atoms with Crippen molar-refractivity contribution < 1.29 is 58.2 Å². The van der Waals surface area contributed by atoms with Crippen LogP contribution in [0.1, 0.15) is 48.4 Å². The van der Waals surface area contributed by atoms with Gasteiger partial charge in [0.1, 0.15) is 23.3 Å². The quantitative estimate of drug-likeness (QED) is 0.114.